The number of aromatic nitrogens is 1. The van der Waals surface area contributed by atoms with E-state index in [0.29, 0.717) is 37.2 Å². The molecule has 0 spiro atoms. The Labute approximate surface area is 249 Å². The Morgan fingerprint density at radius 2 is 1.73 bits per heavy atom. The fourth-order valence-electron chi connectivity index (χ4n) is 4.25. The van der Waals surface area contributed by atoms with Gasteiger partial charge in [0.15, 0.2) is 0 Å². The highest BCUT2D eigenvalue weighted by molar-refractivity contribution is 6.42. The number of hydrogen-bond acceptors (Lipinski definition) is 5. The molecule has 1 atom stereocenters. The summed E-state index contributed by atoms with van der Waals surface area (Å²) in [7, 11) is 0. The van der Waals surface area contributed by atoms with E-state index in [1.165, 1.54) is 4.90 Å². The Morgan fingerprint density at radius 3 is 2.50 bits per heavy atom. The van der Waals surface area contributed by atoms with Crippen LogP contribution in [0.1, 0.15) is 12.0 Å². The van der Waals surface area contributed by atoms with Crippen molar-refractivity contribution in [2.45, 2.75) is 19.1 Å². The van der Waals surface area contributed by atoms with Crippen LogP contribution in [0.15, 0.2) is 78.1 Å². The molecular formula is C28H21Cl4N5O3. The van der Waals surface area contributed by atoms with Gasteiger partial charge < -0.3 is 20.4 Å². The van der Waals surface area contributed by atoms with Crippen molar-refractivity contribution in [2.24, 2.45) is 5.16 Å². The number of carbonyl (C=O) groups is 2. The summed E-state index contributed by atoms with van der Waals surface area (Å²) in [6.45, 7) is 0.205. The molecule has 1 aliphatic heterocycles. The number of urea groups is 1. The second-order valence-electron chi connectivity index (χ2n) is 9.02. The second kappa shape index (κ2) is 12.3. The van der Waals surface area contributed by atoms with Gasteiger partial charge in [-0.15, -0.1) is 0 Å². The van der Waals surface area contributed by atoms with Crippen molar-refractivity contribution in [3.63, 3.8) is 0 Å². The van der Waals surface area contributed by atoms with Crippen LogP contribution in [-0.4, -0.2) is 40.1 Å². The molecular weight excluding hydrogens is 596 g/mol. The number of amides is 3. The highest BCUT2D eigenvalue weighted by Gasteiger charge is 2.38. The van der Waals surface area contributed by atoms with Gasteiger partial charge in [-0.3, -0.25) is 9.78 Å². The number of pyridine rings is 1. The van der Waals surface area contributed by atoms with Crippen molar-refractivity contribution < 1.29 is 14.4 Å². The molecule has 2 N–H and O–H groups in total. The topological polar surface area (TPSA) is 95.9 Å². The fraction of sp³-hybridized carbons (Fsp3) is 0.143. The minimum atomic E-state index is -0.855. The lowest BCUT2D eigenvalue weighted by Crippen LogP contribution is -2.45. The molecule has 3 aromatic carbocycles. The minimum Gasteiger partial charge on any atom is -0.391 e. The molecule has 8 nitrogen and oxygen atoms in total. The van der Waals surface area contributed by atoms with E-state index < -0.39 is 12.1 Å². The average molecular weight is 617 g/mol. The van der Waals surface area contributed by atoms with Gasteiger partial charge in [-0.25, -0.2) is 4.79 Å². The number of carbonyl (C=O) groups excluding carboxylic acids is 2. The highest BCUT2D eigenvalue weighted by atomic mass is 35.5. The first kappa shape index (κ1) is 28.0. The van der Waals surface area contributed by atoms with Crippen LogP contribution in [-0.2, 0) is 16.2 Å². The average Bonchev–Trinajstić information content (AvgIpc) is 3.35. The number of nitrogens with zero attached hydrogens (tertiary/aromatic N) is 3. The van der Waals surface area contributed by atoms with Crippen LogP contribution in [0, 0.1) is 0 Å². The van der Waals surface area contributed by atoms with Crippen LogP contribution in [0.2, 0.25) is 20.1 Å². The van der Waals surface area contributed by atoms with Gasteiger partial charge in [-0.05, 0) is 60.2 Å². The molecule has 0 radical (unpaired) electrons. The molecule has 0 aliphatic carbocycles. The van der Waals surface area contributed by atoms with Gasteiger partial charge >= 0.3 is 6.03 Å². The van der Waals surface area contributed by atoms with Crippen LogP contribution in [0.4, 0.5) is 16.2 Å². The number of nitrogens with one attached hydrogen (secondary N) is 2. The van der Waals surface area contributed by atoms with E-state index in [0.717, 1.165) is 16.5 Å². The molecule has 2 heterocycles. The van der Waals surface area contributed by atoms with Crippen molar-refractivity contribution in [3.05, 3.63) is 98.6 Å². The monoisotopic (exact) mass is 615 g/mol. The first-order valence-corrected chi connectivity index (χ1v) is 13.6. The maximum atomic E-state index is 13.4. The zero-order valence-corrected chi connectivity index (χ0v) is 23.7. The Balaban J connectivity index is 1.34. The Kier molecular flexibility index (Phi) is 8.61. The van der Waals surface area contributed by atoms with Crippen molar-refractivity contribution in [1.82, 2.24) is 9.88 Å². The normalized spacial score (nSPS) is 15.8. The largest absolute Gasteiger partial charge is 0.391 e. The summed E-state index contributed by atoms with van der Waals surface area (Å²) >= 11 is 24.2. The third-order valence-electron chi connectivity index (χ3n) is 6.11. The van der Waals surface area contributed by atoms with Gasteiger partial charge in [0, 0.05) is 39.4 Å². The number of hydrogen-bond donors (Lipinski definition) is 2. The molecule has 204 valence electrons. The summed E-state index contributed by atoms with van der Waals surface area (Å²) in [5.41, 5.74) is 3.06. The maximum Gasteiger partial charge on any atom is 0.322 e. The van der Waals surface area contributed by atoms with Crippen LogP contribution in [0.5, 0.6) is 0 Å². The molecule has 5 rings (SSSR count). The van der Waals surface area contributed by atoms with E-state index in [1.807, 2.05) is 24.3 Å². The molecule has 1 fully saturated rings. The van der Waals surface area contributed by atoms with Crippen molar-refractivity contribution in [1.29, 1.82) is 0 Å². The van der Waals surface area contributed by atoms with E-state index >= 15 is 0 Å². The van der Waals surface area contributed by atoms with E-state index in [1.54, 1.807) is 48.7 Å². The van der Waals surface area contributed by atoms with Gasteiger partial charge in [-0.2, -0.15) is 0 Å². The van der Waals surface area contributed by atoms with Gasteiger partial charge in [0.2, 0.25) is 5.91 Å². The predicted octanol–water partition coefficient (Wildman–Crippen LogP) is 7.67. The number of fused-ring (bicyclic) bond motifs is 1. The second-order valence-corrected chi connectivity index (χ2v) is 10.7. The molecule has 0 saturated carbocycles. The van der Waals surface area contributed by atoms with E-state index in [-0.39, 0.29) is 25.5 Å². The van der Waals surface area contributed by atoms with E-state index in [9.17, 15) is 9.59 Å². The maximum absolute atomic E-state index is 13.4. The van der Waals surface area contributed by atoms with E-state index in [2.05, 4.69) is 20.8 Å². The smallest absolute Gasteiger partial charge is 0.322 e. The SMILES string of the molecule is O=C(Nc1ccc2ncccc2c1)[C@@H]1CC(=NOCc2ccc(Cl)c(Cl)c2)CN1C(=O)Nc1cc(Cl)cc(Cl)c1. The number of oxime groups is 1. The minimum absolute atomic E-state index is 0.0707. The Morgan fingerprint density at radius 1 is 0.925 bits per heavy atom. The van der Waals surface area contributed by atoms with Gasteiger partial charge in [-0.1, -0.05) is 63.7 Å². The molecule has 1 aromatic heterocycles. The number of benzene rings is 3. The molecule has 12 heteroatoms. The zero-order chi connectivity index (χ0) is 28.2. The Hall–Kier alpha value is -3.56. The van der Waals surface area contributed by atoms with Crippen LogP contribution in [0.25, 0.3) is 10.9 Å². The molecule has 0 unspecified atom stereocenters. The van der Waals surface area contributed by atoms with Gasteiger partial charge in [0.25, 0.3) is 0 Å². The molecule has 4 aromatic rings. The first-order chi connectivity index (χ1) is 19.2. The van der Waals surface area contributed by atoms with Crippen molar-refractivity contribution in [3.8, 4) is 0 Å². The molecule has 40 heavy (non-hydrogen) atoms. The van der Waals surface area contributed by atoms with Crippen LogP contribution < -0.4 is 10.6 Å². The summed E-state index contributed by atoms with van der Waals surface area (Å²) in [6.07, 6.45) is 1.87. The first-order valence-electron chi connectivity index (χ1n) is 12.1. The molecule has 0 bridgehead atoms. The van der Waals surface area contributed by atoms with Crippen LogP contribution in [0.3, 0.4) is 0 Å². The Bertz CT molecular complexity index is 1610. The van der Waals surface area contributed by atoms with E-state index in [4.69, 9.17) is 51.2 Å². The third-order valence-corrected chi connectivity index (χ3v) is 7.29. The lowest BCUT2D eigenvalue weighted by Gasteiger charge is -2.23. The van der Waals surface area contributed by atoms with Crippen LogP contribution >= 0.6 is 46.4 Å². The lowest BCUT2D eigenvalue weighted by atomic mass is 10.1. The summed E-state index contributed by atoms with van der Waals surface area (Å²) in [5.74, 6) is -0.378. The summed E-state index contributed by atoms with van der Waals surface area (Å²) in [5, 5.41) is 12.3. The van der Waals surface area contributed by atoms with Crippen molar-refractivity contribution >= 4 is 86.3 Å². The predicted molar refractivity (Wildman–Crippen MR) is 160 cm³/mol. The standard InChI is InChI=1S/C28H21Cl4N5O3/c29-18-10-19(30)12-21(11-18)35-28(39)37-14-22(36-40-15-16-3-5-23(31)24(32)8-16)13-26(37)27(38)34-20-4-6-25-17(9-20)2-1-7-33-25/h1-12,26H,13-15H2,(H,34,38)(H,35,39)/t26-/m0/s1. The number of anilines is 2. The number of likely N-dealkylation sites (tertiary alicyclic amines) is 1. The fourth-order valence-corrected chi connectivity index (χ4v) is 5.09. The quantitative estimate of drug-likeness (QED) is 0.217. The van der Waals surface area contributed by atoms with Crippen molar-refractivity contribution in [2.75, 3.05) is 17.2 Å². The third kappa shape index (κ3) is 6.77. The summed E-state index contributed by atoms with van der Waals surface area (Å²) in [4.78, 5) is 37.9. The summed E-state index contributed by atoms with van der Waals surface area (Å²) < 4.78 is 0. The van der Waals surface area contributed by atoms with Gasteiger partial charge in [0.05, 0.1) is 27.8 Å². The number of halogens is 4. The molecule has 3 amide bonds. The zero-order valence-electron chi connectivity index (χ0n) is 20.7. The molecule has 1 aliphatic rings. The number of rotatable bonds is 6. The summed E-state index contributed by atoms with van der Waals surface area (Å²) in [6, 6.07) is 17.6. The highest BCUT2D eigenvalue weighted by Crippen LogP contribution is 2.26. The van der Waals surface area contributed by atoms with Gasteiger partial charge in [0.1, 0.15) is 12.6 Å². The molecule has 1 saturated heterocycles. The lowest BCUT2D eigenvalue weighted by molar-refractivity contribution is -0.119.